The van der Waals surface area contributed by atoms with Gasteiger partial charge in [-0.15, -0.1) is 0 Å². The van der Waals surface area contributed by atoms with E-state index in [2.05, 4.69) is 22.1 Å². The zero-order chi connectivity index (χ0) is 21.0. The quantitative estimate of drug-likeness (QED) is 0.728. The van der Waals surface area contributed by atoms with Crippen LogP contribution in [0.1, 0.15) is 55.8 Å². The summed E-state index contributed by atoms with van der Waals surface area (Å²) in [6, 6.07) is 4.66. The van der Waals surface area contributed by atoms with Gasteiger partial charge in [0.1, 0.15) is 5.69 Å². The first-order chi connectivity index (χ1) is 13.9. The highest BCUT2D eigenvalue weighted by atomic mass is 16.1. The van der Waals surface area contributed by atoms with E-state index in [1.54, 1.807) is 11.5 Å². The highest BCUT2D eigenvalue weighted by Crippen LogP contribution is 2.18. The van der Waals surface area contributed by atoms with Gasteiger partial charge in [-0.2, -0.15) is 0 Å². The molecule has 2 aromatic rings. The maximum absolute atomic E-state index is 12.6. The van der Waals surface area contributed by atoms with Crippen LogP contribution >= 0.6 is 0 Å². The first-order valence-corrected chi connectivity index (χ1v) is 10.9. The highest BCUT2D eigenvalue weighted by molar-refractivity contribution is 5.78. The predicted molar refractivity (Wildman–Crippen MR) is 117 cm³/mol. The van der Waals surface area contributed by atoms with Crippen molar-refractivity contribution < 1.29 is 4.79 Å². The van der Waals surface area contributed by atoms with Crippen molar-refractivity contribution in [3.8, 4) is 0 Å². The fourth-order valence-corrected chi connectivity index (χ4v) is 4.15. The Morgan fingerprint density at radius 2 is 1.93 bits per heavy atom. The third-order valence-electron chi connectivity index (χ3n) is 6.17. The number of rotatable bonds is 7. The molecule has 2 heterocycles. The second-order valence-corrected chi connectivity index (χ2v) is 8.41. The van der Waals surface area contributed by atoms with Crippen molar-refractivity contribution in [2.24, 2.45) is 0 Å². The molecular formula is C23H34N4O2. The second-order valence-electron chi connectivity index (χ2n) is 8.41. The monoisotopic (exact) mass is 398 g/mol. The molecule has 1 aromatic heterocycles. The lowest BCUT2D eigenvalue weighted by molar-refractivity contribution is -0.121. The number of benzene rings is 1. The van der Waals surface area contributed by atoms with E-state index in [4.69, 9.17) is 0 Å². The molecule has 0 unspecified atom stereocenters. The molecule has 6 nitrogen and oxygen atoms in total. The molecule has 29 heavy (non-hydrogen) atoms. The third kappa shape index (κ3) is 5.24. The van der Waals surface area contributed by atoms with Crippen LogP contribution in [0.2, 0.25) is 0 Å². The fourth-order valence-electron chi connectivity index (χ4n) is 4.15. The van der Waals surface area contributed by atoms with E-state index < -0.39 is 0 Å². The van der Waals surface area contributed by atoms with Gasteiger partial charge in [-0.1, -0.05) is 6.42 Å². The van der Waals surface area contributed by atoms with Crippen molar-refractivity contribution in [1.29, 1.82) is 0 Å². The molecule has 0 spiro atoms. The molecule has 1 N–H and O–H groups in total. The summed E-state index contributed by atoms with van der Waals surface area (Å²) in [5.41, 5.74) is 4.23. The molecule has 1 aromatic carbocycles. The summed E-state index contributed by atoms with van der Waals surface area (Å²) >= 11 is 0. The van der Waals surface area contributed by atoms with Crippen LogP contribution in [-0.4, -0.2) is 46.0 Å². The van der Waals surface area contributed by atoms with Crippen LogP contribution in [0, 0.1) is 20.8 Å². The van der Waals surface area contributed by atoms with E-state index in [9.17, 15) is 9.59 Å². The number of nitrogens with zero attached hydrogens (tertiary/aromatic N) is 3. The minimum atomic E-state index is -0.118. The molecular weight excluding hydrogens is 364 g/mol. The second kappa shape index (κ2) is 9.53. The number of hydrogen-bond acceptors (Lipinski definition) is 4. The first kappa shape index (κ1) is 21.5. The maximum Gasteiger partial charge on any atom is 0.272 e. The third-order valence-corrected chi connectivity index (χ3v) is 6.17. The topological polar surface area (TPSA) is 67.2 Å². The average Bonchev–Trinajstić information content (AvgIpc) is 2.69. The lowest BCUT2D eigenvalue weighted by atomic mass is 10.0. The molecule has 0 radical (unpaired) electrons. The van der Waals surface area contributed by atoms with E-state index in [1.165, 1.54) is 25.8 Å². The Bertz CT molecular complexity index is 935. The number of carbonyl (C=O) groups excluding carboxylic acids is 1. The molecule has 158 valence electrons. The number of hydrogen-bond donors (Lipinski definition) is 1. The van der Waals surface area contributed by atoms with Gasteiger partial charge in [-0.3, -0.25) is 9.59 Å². The summed E-state index contributed by atoms with van der Waals surface area (Å²) in [6.45, 7) is 11.4. The van der Waals surface area contributed by atoms with Crippen LogP contribution in [0.4, 0.5) is 0 Å². The average molecular weight is 399 g/mol. The summed E-state index contributed by atoms with van der Waals surface area (Å²) in [5.74, 6) is -0.00459. The molecule has 6 heteroatoms. The molecule has 0 bridgehead atoms. The van der Waals surface area contributed by atoms with Gasteiger partial charge in [-0.05, 0) is 76.8 Å². The van der Waals surface area contributed by atoms with E-state index in [-0.39, 0.29) is 11.5 Å². The minimum absolute atomic E-state index is 0.00459. The van der Waals surface area contributed by atoms with E-state index in [1.807, 2.05) is 26.0 Å². The molecule has 1 amide bonds. The van der Waals surface area contributed by atoms with Crippen molar-refractivity contribution in [3.05, 3.63) is 39.3 Å². The number of aromatic nitrogens is 2. The van der Waals surface area contributed by atoms with Crippen molar-refractivity contribution in [1.82, 2.24) is 19.8 Å². The van der Waals surface area contributed by atoms with Crippen LogP contribution in [0.3, 0.4) is 0 Å². The van der Waals surface area contributed by atoms with Crippen molar-refractivity contribution in [2.45, 2.75) is 72.4 Å². The van der Waals surface area contributed by atoms with Crippen molar-refractivity contribution >= 4 is 16.9 Å². The van der Waals surface area contributed by atoms with Crippen LogP contribution in [0.25, 0.3) is 11.0 Å². The molecule has 3 rings (SSSR count). The van der Waals surface area contributed by atoms with E-state index in [0.29, 0.717) is 31.2 Å². The zero-order valence-electron chi connectivity index (χ0n) is 18.3. The number of aryl methyl sites for hydroxylation is 4. The summed E-state index contributed by atoms with van der Waals surface area (Å²) in [7, 11) is 0. The normalized spacial score (nSPS) is 17.6. The largest absolute Gasteiger partial charge is 0.356 e. The van der Waals surface area contributed by atoms with Gasteiger partial charge < -0.3 is 14.8 Å². The van der Waals surface area contributed by atoms with E-state index in [0.717, 1.165) is 35.1 Å². The number of fused-ring (bicyclic) bond motifs is 1. The fraction of sp³-hybridized carbons (Fsp3) is 0.609. The number of amides is 1. The van der Waals surface area contributed by atoms with Gasteiger partial charge in [0.15, 0.2) is 0 Å². The Morgan fingerprint density at radius 1 is 1.17 bits per heavy atom. The van der Waals surface area contributed by atoms with Crippen molar-refractivity contribution in [3.63, 3.8) is 0 Å². The summed E-state index contributed by atoms with van der Waals surface area (Å²) in [5, 5.41) is 3.01. The molecule has 1 fully saturated rings. The molecule has 1 aliphatic rings. The van der Waals surface area contributed by atoms with Crippen LogP contribution < -0.4 is 10.9 Å². The number of nitrogens with one attached hydrogen (secondary N) is 1. The smallest absolute Gasteiger partial charge is 0.272 e. The van der Waals surface area contributed by atoms with E-state index >= 15 is 0 Å². The standard InChI is InChI=1S/C23H34N4O2/c1-16-14-20-21(15-17(16)2)27(23(29)19(4)25-20)13-9-22(28)24-10-7-12-26-11-6-5-8-18(26)3/h14-15,18H,5-13H2,1-4H3,(H,24,28)/t18-/m0/s1. The van der Waals surface area contributed by atoms with Crippen LogP contribution in [0.15, 0.2) is 16.9 Å². The Kier molecular flexibility index (Phi) is 7.06. The zero-order valence-corrected chi connectivity index (χ0v) is 18.3. The van der Waals surface area contributed by atoms with Gasteiger partial charge in [0.25, 0.3) is 5.56 Å². The highest BCUT2D eigenvalue weighted by Gasteiger charge is 2.17. The molecule has 0 saturated carbocycles. The number of piperidine rings is 1. The number of carbonyl (C=O) groups is 1. The first-order valence-electron chi connectivity index (χ1n) is 10.9. The van der Waals surface area contributed by atoms with Crippen LogP contribution in [-0.2, 0) is 11.3 Å². The molecule has 0 aliphatic carbocycles. The Labute approximate surface area is 173 Å². The molecule has 1 saturated heterocycles. The Balaban J connectivity index is 1.56. The molecule has 1 aliphatic heterocycles. The maximum atomic E-state index is 12.6. The van der Waals surface area contributed by atoms with Gasteiger partial charge >= 0.3 is 0 Å². The number of likely N-dealkylation sites (tertiary alicyclic amines) is 1. The SMILES string of the molecule is Cc1cc2nc(C)c(=O)n(CCC(=O)NCCCN3CCCC[C@@H]3C)c2cc1C. The lowest BCUT2D eigenvalue weighted by Crippen LogP contribution is -2.39. The Hall–Kier alpha value is -2.21. The summed E-state index contributed by atoms with van der Waals surface area (Å²) < 4.78 is 1.69. The summed E-state index contributed by atoms with van der Waals surface area (Å²) in [6.07, 6.45) is 5.15. The molecule has 1 atom stereocenters. The summed E-state index contributed by atoms with van der Waals surface area (Å²) in [4.78, 5) is 31.9. The van der Waals surface area contributed by atoms with Crippen LogP contribution in [0.5, 0.6) is 0 Å². The van der Waals surface area contributed by atoms with Crippen molar-refractivity contribution in [2.75, 3.05) is 19.6 Å². The van der Waals surface area contributed by atoms with Gasteiger partial charge in [0.2, 0.25) is 5.91 Å². The Morgan fingerprint density at radius 3 is 2.69 bits per heavy atom. The van der Waals surface area contributed by atoms with Gasteiger partial charge in [0, 0.05) is 32.1 Å². The minimum Gasteiger partial charge on any atom is -0.356 e. The lowest BCUT2D eigenvalue weighted by Gasteiger charge is -2.33. The predicted octanol–water partition coefficient (Wildman–Crippen LogP) is 3.09. The van der Waals surface area contributed by atoms with Gasteiger partial charge in [-0.25, -0.2) is 4.98 Å². The van der Waals surface area contributed by atoms with Gasteiger partial charge in [0.05, 0.1) is 11.0 Å².